The van der Waals surface area contributed by atoms with Crippen molar-refractivity contribution in [1.29, 1.82) is 0 Å². The van der Waals surface area contributed by atoms with E-state index >= 15 is 0 Å². The highest BCUT2D eigenvalue weighted by molar-refractivity contribution is 5.74. The minimum absolute atomic E-state index is 0.328. The van der Waals surface area contributed by atoms with E-state index in [0.717, 1.165) is 5.56 Å². The molecule has 0 saturated heterocycles. The van der Waals surface area contributed by atoms with E-state index in [-0.39, 0.29) is 5.82 Å². The normalized spacial score (nSPS) is 12.8. The lowest BCUT2D eigenvalue weighted by Crippen LogP contribution is -2.12. The lowest BCUT2D eigenvalue weighted by Gasteiger charge is -2.12. The van der Waals surface area contributed by atoms with Crippen molar-refractivity contribution in [1.82, 2.24) is 4.57 Å². The van der Waals surface area contributed by atoms with Gasteiger partial charge in [0.25, 0.3) is 0 Å². The Hall–Kier alpha value is -2.40. The van der Waals surface area contributed by atoms with Gasteiger partial charge in [0.05, 0.1) is 11.6 Å². The maximum absolute atomic E-state index is 13.2. The molecule has 3 rings (SSSR count). The van der Waals surface area contributed by atoms with E-state index in [9.17, 15) is 9.18 Å². The number of fused-ring (bicyclic) bond motifs is 1. The number of nitrogens with two attached hydrogens (primary N) is 1. The van der Waals surface area contributed by atoms with Gasteiger partial charge in [-0.05, 0) is 35.4 Å². The van der Waals surface area contributed by atoms with Gasteiger partial charge in [0.15, 0.2) is 5.58 Å². The third-order valence-corrected chi connectivity index (χ3v) is 3.38. The van der Waals surface area contributed by atoms with Gasteiger partial charge in [-0.25, -0.2) is 9.18 Å². The number of hydrogen-bond donors (Lipinski definition) is 1. The minimum atomic E-state index is -0.472. The Morgan fingerprint density at radius 3 is 2.70 bits per heavy atom. The highest BCUT2D eigenvalue weighted by atomic mass is 19.1. The molecule has 0 spiro atoms. The molecule has 0 radical (unpaired) electrons. The van der Waals surface area contributed by atoms with Gasteiger partial charge >= 0.3 is 5.76 Å². The molecule has 1 atom stereocenters. The van der Waals surface area contributed by atoms with Gasteiger partial charge in [0.2, 0.25) is 0 Å². The fraction of sp³-hybridized carbons (Fsp3) is 0.133. The highest BCUT2D eigenvalue weighted by Crippen LogP contribution is 2.23. The first kappa shape index (κ1) is 12.6. The van der Waals surface area contributed by atoms with Crippen LogP contribution in [0, 0.1) is 5.82 Å². The first-order valence-electron chi connectivity index (χ1n) is 6.17. The molecule has 1 aromatic heterocycles. The molecule has 1 heterocycles. The third kappa shape index (κ3) is 2.02. The average molecular weight is 272 g/mol. The predicted molar refractivity (Wildman–Crippen MR) is 73.9 cm³/mol. The van der Waals surface area contributed by atoms with Crippen LogP contribution in [-0.2, 0) is 7.05 Å². The number of aryl methyl sites for hydroxylation is 1. The van der Waals surface area contributed by atoms with Crippen molar-refractivity contribution in [3.05, 3.63) is 70.0 Å². The zero-order chi connectivity index (χ0) is 14.3. The smallest absolute Gasteiger partial charge is 0.408 e. The first-order valence-corrected chi connectivity index (χ1v) is 6.17. The maximum atomic E-state index is 13.2. The maximum Gasteiger partial charge on any atom is 0.419 e. The van der Waals surface area contributed by atoms with E-state index in [1.54, 1.807) is 31.3 Å². The number of rotatable bonds is 2. The fourth-order valence-electron chi connectivity index (χ4n) is 2.24. The second-order valence-corrected chi connectivity index (χ2v) is 4.69. The summed E-state index contributed by atoms with van der Waals surface area (Å²) in [6, 6.07) is 11.0. The van der Waals surface area contributed by atoms with Crippen molar-refractivity contribution >= 4 is 11.1 Å². The Morgan fingerprint density at radius 1 is 1.20 bits per heavy atom. The average Bonchev–Trinajstić information content (AvgIpc) is 2.73. The quantitative estimate of drug-likeness (QED) is 0.778. The second-order valence-electron chi connectivity index (χ2n) is 4.69. The van der Waals surface area contributed by atoms with Crippen molar-refractivity contribution in [2.24, 2.45) is 12.8 Å². The summed E-state index contributed by atoms with van der Waals surface area (Å²) in [5, 5.41) is 0. The largest absolute Gasteiger partial charge is 0.419 e. The van der Waals surface area contributed by atoms with Crippen LogP contribution in [0.4, 0.5) is 4.39 Å². The lowest BCUT2D eigenvalue weighted by molar-refractivity contribution is 0.527. The molecule has 2 N–H and O–H groups in total. The van der Waals surface area contributed by atoms with E-state index in [4.69, 9.17) is 10.2 Å². The monoisotopic (exact) mass is 272 g/mol. The van der Waals surface area contributed by atoms with Crippen molar-refractivity contribution in [2.75, 3.05) is 0 Å². The highest BCUT2D eigenvalue weighted by Gasteiger charge is 2.13. The van der Waals surface area contributed by atoms with Crippen LogP contribution < -0.4 is 11.5 Å². The number of benzene rings is 2. The summed E-state index contributed by atoms with van der Waals surface area (Å²) < 4.78 is 19.8. The number of halogens is 1. The molecule has 2 aromatic carbocycles. The van der Waals surface area contributed by atoms with Gasteiger partial charge in [-0.3, -0.25) is 4.57 Å². The minimum Gasteiger partial charge on any atom is -0.408 e. The van der Waals surface area contributed by atoms with Crippen LogP contribution in [0.1, 0.15) is 17.2 Å². The van der Waals surface area contributed by atoms with E-state index in [2.05, 4.69) is 0 Å². The van der Waals surface area contributed by atoms with Crippen LogP contribution in [0.25, 0.3) is 11.1 Å². The van der Waals surface area contributed by atoms with Crippen LogP contribution in [0.15, 0.2) is 51.7 Å². The van der Waals surface area contributed by atoms with Crippen molar-refractivity contribution < 1.29 is 8.81 Å². The molecular weight excluding hydrogens is 259 g/mol. The topological polar surface area (TPSA) is 61.2 Å². The zero-order valence-electron chi connectivity index (χ0n) is 10.8. The fourth-order valence-corrected chi connectivity index (χ4v) is 2.24. The number of oxazole rings is 1. The molecule has 102 valence electrons. The second kappa shape index (κ2) is 4.61. The van der Waals surface area contributed by atoms with Crippen LogP contribution in [-0.4, -0.2) is 4.57 Å². The number of nitrogens with zero attached hydrogens (tertiary/aromatic N) is 1. The van der Waals surface area contributed by atoms with Gasteiger partial charge in [-0.15, -0.1) is 0 Å². The van der Waals surface area contributed by atoms with Gasteiger partial charge in [-0.1, -0.05) is 18.2 Å². The van der Waals surface area contributed by atoms with Crippen LogP contribution in [0.3, 0.4) is 0 Å². The Bertz CT molecular complexity index is 835. The molecule has 20 heavy (non-hydrogen) atoms. The summed E-state index contributed by atoms with van der Waals surface area (Å²) in [6.07, 6.45) is 0. The van der Waals surface area contributed by atoms with Crippen LogP contribution in [0.5, 0.6) is 0 Å². The van der Waals surface area contributed by atoms with E-state index < -0.39 is 11.8 Å². The number of hydrogen-bond acceptors (Lipinski definition) is 3. The van der Waals surface area contributed by atoms with Gasteiger partial charge in [-0.2, -0.15) is 0 Å². The summed E-state index contributed by atoms with van der Waals surface area (Å²) in [6.45, 7) is 0. The molecule has 0 fully saturated rings. The summed E-state index contributed by atoms with van der Waals surface area (Å²) >= 11 is 0. The molecule has 0 aliphatic heterocycles. The number of aromatic nitrogens is 1. The standard InChI is InChI=1S/C15H13FN2O2/c1-18-12-6-5-10(8-13(12)20-15(18)19)14(17)9-3-2-4-11(16)7-9/h2-8,14H,17H2,1H3. The van der Waals surface area contributed by atoms with Gasteiger partial charge in [0.1, 0.15) is 5.82 Å². The van der Waals surface area contributed by atoms with E-state index in [0.29, 0.717) is 16.7 Å². The van der Waals surface area contributed by atoms with Crippen molar-refractivity contribution in [3.63, 3.8) is 0 Å². The summed E-state index contributed by atoms with van der Waals surface area (Å²) in [5.41, 5.74) is 8.73. The SMILES string of the molecule is Cn1c(=O)oc2cc(C(N)c3cccc(F)c3)ccc21. The third-order valence-electron chi connectivity index (χ3n) is 3.38. The Labute approximate surface area is 114 Å². The van der Waals surface area contributed by atoms with E-state index in [1.807, 2.05) is 6.07 Å². The molecule has 3 aromatic rings. The molecule has 5 heteroatoms. The molecule has 0 saturated carbocycles. The van der Waals surface area contributed by atoms with Crippen molar-refractivity contribution in [2.45, 2.75) is 6.04 Å². The van der Waals surface area contributed by atoms with Crippen LogP contribution in [0.2, 0.25) is 0 Å². The molecule has 4 nitrogen and oxygen atoms in total. The van der Waals surface area contributed by atoms with Crippen LogP contribution >= 0.6 is 0 Å². The molecule has 0 aliphatic carbocycles. The Balaban J connectivity index is 2.08. The summed E-state index contributed by atoms with van der Waals surface area (Å²) in [4.78, 5) is 11.4. The molecule has 0 amide bonds. The molecule has 0 aliphatic rings. The molecular formula is C15H13FN2O2. The van der Waals surface area contributed by atoms with Gasteiger partial charge in [0, 0.05) is 7.05 Å². The molecule has 0 bridgehead atoms. The van der Waals surface area contributed by atoms with E-state index in [1.165, 1.54) is 16.7 Å². The van der Waals surface area contributed by atoms with Gasteiger partial charge < -0.3 is 10.2 Å². The summed E-state index contributed by atoms with van der Waals surface area (Å²) in [7, 11) is 1.64. The predicted octanol–water partition coefficient (Wildman–Crippen LogP) is 2.32. The van der Waals surface area contributed by atoms with Crippen molar-refractivity contribution in [3.8, 4) is 0 Å². The Kier molecular flexibility index (Phi) is 2.91. The molecule has 1 unspecified atom stereocenters. The zero-order valence-corrected chi connectivity index (χ0v) is 10.8. The first-order chi connectivity index (χ1) is 9.56. The summed E-state index contributed by atoms with van der Waals surface area (Å²) in [5.74, 6) is -0.748. The Morgan fingerprint density at radius 2 is 1.95 bits per heavy atom. The lowest BCUT2D eigenvalue weighted by atomic mass is 9.99.